The Kier molecular flexibility index (Phi) is 4.67. The summed E-state index contributed by atoms with van der Waals surface area (Å²) in [6.45, 7) is 8.09. The lowest BCUT2D eigenvalue weighted by molar-refractivity contribution is 0.161. The third-order valence-corrected chi connectivity index (χ3v) is 4.63. The van der Waals surface area contributed by atoms with Crippen molar-refractivity contribution in [2.75, 3.05) is 6.54 Å². The fourth-order valence-corrected chi connectivity index (χ4v) is 3.32. The summed E-state index contributed by atoms with van der Waals surface area (Å²) in [4.78, 5) is 0. The van der Waals surface area contributed by atoms with Gasteiger partial charge in [0.1, 0.15) is 0 Å². The Morgan fingerprint density at radius 2 is 2.11 bits per heavy atom. The van der Waals surface area contributed by atoms with Crippen molar-refractivity contribution in [3.8, 4) is 0 Å². The number of likely N-dealkylation sites (N-methyl/N-ethyl adjacent to an activating group) is 1. The molecular formula is C16H29N3. The number of rotatable bonds is 5. The maximum Gasteiger partial charge on any atom is 0.0522 e. The molecule has 1 heterocycles. The van der Waals surface area contributed by atoms with Gasteiger partial charge < -0.3 is 5.32 Å². The Hall–Kier alpha value is -0.830. The van der Waals surface area contributed by atoms with E-state index in [1.165, 1.54) is 31.2 Å². The molecule has 0 spiro atoms. The fraction of sp³-hybridized carbons (Fsp3) is 0.812. The average molecular weight is 263 g/mol. The molecule has 1 atom stereocenters. The molecule has 3 heteroatoms. The summed E-state index contributed by atoms with van der Waals surface area (Å²) in [7, 11) is 1.99. The standard InChI is InChI=1S/C16H29N3/c1-5-17-15(10-13-11-18-19(4)12-13)14-6-8-16(2,3)9-7-14/h11-12,14-15,17H,5-10H2,1-4H3. The second-order valence-corrected chi connectivity index (χ2v) is 6.89. The van der Waals surface area contributed by atoms with Crippen molar-refractivity contribution in [3.05, 3.63) is 18.0 Å². The van der Waals surface area contributed by atoms with Gasteiger partial charge in [-0.15, -0.1) is 0 Å². The lowest BCUT2D eigenvalue weighted by atomic mass is 9.70. The summed E-state index contributed by atoms with van der Waals surface area (Å²) >= 11 is 0. The van der Waals surface area contributed by atoms with E-state index in [0.29, 0.717) is 11.5 Å². The second-order valence-electron chi connectivity index (χ2n) is 6.89. The molecule has 1 N–H and O–H groups in total. The summed E-state index contributed by atoms with van der Waals surface area (Å²) in [6, 6.07) is 0.616. The number of nitrogens with zero attached hydrogens (tertiary/aromatic N) is 2. The molecule has 3 nitrogen and oxygen atoms in total. The van der Waals surface area contributed by atoms with Crippen molar-refractivity contribution in [2.45, 2.75) is 58.9 Å². The van der Waals surface area contributed by atoms with Gasteiger partial charge in [-0.05, 0) is 55.5 Å². The topological polar surface area (TPSA) is 29.9 Å². The van der Waals surface area contributed by atoms with Gasteiger partial charge in [0.2, 0.25) is 0 Å². The molecular weight excluding hydrogens is 234 g/mol. The van der Waals surface area contributed by atoms with E-state index >= 15 is 0 Å². The number of hydrogen-bond acceptors (Lipinski definition) is 2. The number of hydrogen-bond donors (Lipinski definition) is 1. The molecule has 1 aliphatic carbocycles. The first-order chi connectivity index (χ1) is 9.00. The Bertz CT molecular complexity index is 384. The molecule has 0 radical (unpaired) electrons. The quantitative estimate of drug-likeness (QED) is 0.884. The highest BCUT2D eigenvalue weighted by Gasteiger charge is 2.31. The van der Waals surface area contributed by atoms with Crippen LogP contribution in [0.1, 0.15) is 52.0 Å². The molecule has 0 aromatic carbocycles. The van der Waals surface area contributed by atoms with Crippen molar-refractivity contribution >= 4 is 0 Å². The third-order valence-electron chi connectivity index (χ3n) is 4.63. The molecule has 1 unspecified atom stereocenters. The van der Waals surface area contributed by atoms with Gasteiger partial charge in [-0.2, -0.15) is 5.10 Å². The van der Waals surface area contributed by atoms with Crippen LogP contribution < -0.4 is 5.32 Å². The molecule has 19 heavy (non-hydrogen) atoms. The predicted octanol–water partition coefficient (Wildman–Crippen LogP) is 3.16. The Labute approximate surface area is 117 Å². The molecule has 1 aromatic rings. The first-order valence-electron chi connectivity index (χ1n) is 7.71. The van der Waals surface area contributed by atoms with Gasteiger partial charge in [-0.25, -0.2) is 0 Å². The van der Waals surface area contributed by atoms with Crippen LogP contribution in [0.25, 0.3) is 0 Å². The Morgan fingerprint density at radius 1 is 1.42 bits per heavy atom. The first-order valence-corrected chi connectivity index (χ1v) is 7.71. The Morgan fingerprint density at radius 3 is 2.63 bits per heavy atom. The van der Waals surface area contributed by atoms with Crippen LogP contribution in [0.4, 0.5) is 0 Å². The van der Waals surface area contributed by atoms with Gasteiger partial charge in [0.25, 0.3) is 0 Å². The van der Waals surface area contributed by atoms with E-state index in [1.54, 1.807) is 0 Å². The SMILES string of the molecule is CCNC(Cc1cnn(C)c1)C1CCC(C)(C)CC1. The van der Waals surface area contributed by atoms with Crippen LogP contribution in [0.5, 0.6) is 0 Å². The number of nitrogens with one attached hydrogen (secondary N) is 1. The molecule has 108 valence electrons. The first kappa shape index (κ1) is 14.6. The van der Waals surface area contributed by atoms with E-state index in [1.807, 2.05) is 17.9 Å². The van der Waals surface area contributed by atoms with E-state index in [4.69, 9.17) is 0 Å². The van der Waals surface area contributed by atoms with Crippen LogP contribution in [0.2, 0.25) is 0 Å². The second kappa shape index (κ2) is 6.08. The molecule has 1 aromatic heterocycles. The highest BCUT2D eigenvalue weighted by molar-refractivity contribution is 5.07. The summed E-state index contributed by atoms with van der Waals surface area (Å²) in [5.41, 5.74) is 1.92. The maximum absolute atomic E-state index is 4.29. The lowest BCUT2D eigenvalue weighted by Crippen LogP contribution is -2.40. The van der Waals surface area contributed by atoms with Crippen LogP contribution in [0.3, 0.4) is 0 Å². The minimum atomic E-state index is 0.557. The van der Waals surface area contributed by atoms with E-state index in [9.17, 15) is 0 Å². The minimum absolute atomic E-state index is 0.557. The zero-order chi connectivity index (χ0) is 13.9. The summed E-state index contributed by atoms with van der Waals surface area (Å²) in [5.74, 6) is 0.827. The molecule has 0 amide bonds. The van der Waals surface area contributed by atoms with Crippen molar-refractivity contribution in [3.63, 3.8) is 0 Å². The zero-order valence-corrected chi connectivity index (χ0v) is 12.9. The Balaban J connectivity index is 1.96. The maximum atomic E-state index is 4.29. The number of aryl methyl sites for hydroxylation is 1. The largest absolute Gasteiger partial charge is 0.314 e. The molecule has 0 saturated heterocycles. The van der Waals surface area contributed by atoms with E-state index in [2.05, 4.69) is 37.4 Å². The van der Waals surface area contributed by atoms with Crippen molar-refractivity contribution in [1.82, 2.24) is 15.1 Å². The third kappa shape index (κ3) is 4.07. The average Bonchev–Trinajstić information content (AvgIpc) is 2.74. The van der Waals surface area contributed by atoms with Gasteiger partial charge in [0.05, 0.1) is 6.20 Å². The smallest absolute Gasteiger partial charge is 0.0522 e. The zero-order valence-electron chi connectivity index (χ0n) is 12.9. The summed E-state index contributed by atoms with van der Waals surface area (Å²) < 4.78 is 1.91. The molecule has 2 rings (SSSR count). The molecule has 1 saturated carbocycles. The minimum Gasteiger partial charge on any atom is -0.314 e. The predicted molar refractivity (Wildman–Crippen MR) is 80.1 cm³/mol. The van der Waals surface area contributed by atoms with Crippen LogP contribution in [0, 0.1) is 11.3 Å². The highest BCUT2D eigenvalue weighted by Crippen LogP contribution is 2.39. The fourth-order valence-electron chi connectivity index (χ4n) is 3.32. The normalized spacial score (nSPS) is 21.5. The molecule has 0 bridgehead atoms. The molecule has 0 aliphatic heterocycles. The van der Waals surface area contributed by atoms with Gasteiger partial charge in [-0.1, -0.05) is 20.8 Å². The van der Waals surface area contributed by atoms with Gasteiger partial charge in [0.15, 0.2) is 0 Å². The van der Waals surface area contributed by atoms with Crippen LogP contribution in [0.15, 0.2) is 12.4 Å². The van der Waals surface area contributed by atoms with E-state index < -0.39 is 0 Å². The molecule has 1 aliphatic rings. The number of aromatic nitrogens is 2. The van der Waals surface area contributed by atoms with Crippen LogP contribution in [-0.2, 0) is 13.5 Å². The monoisotopic (exact) mass is 263 g/mol. The van der Waals surface area contributed by atoms with Crippen molar-refractivity contribution < 1.29 is 0 Å². The molecule has 1 fully saturated rings. The van der Waals surface area contributed by atoms with E-state index in [-0.39, 0.29) is 0 Å². The van der Waals surface area contributed by atoms with E-state index in [0.717, 1.165) is 18.9 Å². The highest BCUT2D eigenvalue weighted by atomic mass is 15.2. The van der Waals surface area contributed by atoms with Gasteiger partial charge >= 0.3 is 0 Å². The van der Waals surface area contributed by atoms with Crippen LogP contribution >= 0.6 is 0 Å². The lowest BCUT2D eigenvalue weighted by Gasteiger charge is -2.38. The van der Waals surface area contributed by atoms with Crippen molar-refractivity contribution in [2.24, 2.45) is 18.4 Å². The van der Waals surface area contributed by atoms with Gasteiger partial charge in [-0.3, -0.25) is 4.68 Å². The summed E-state index contributed by atoms with van der Waals surface area (Å²) in [5, 5.41) is 7.99. The summed E-state index contributed by atoms with van der Waals surface area (Å²) in [6.07, 6.45) is 10.7. The van der Waals surface area contributed by atoms with Crippen LogP contribution in [-0.4, -0.2) is 22.4 Å². The van der Waals surface area contributed by atoms with Crippen molar-refractivity contribution in [1.29, 1.82) is 0 Å². The van der Waals surface area contributed by atoms with Gasteiger partial charge in [0, 0.05) is 19.3 Å².